The number of H-pyrrole nitrogens is 1. The van der Waals surface area contributed by atoms with Crippen LogP contribution in [0.5, 0.6) is 0 Å². The molecule has 0 amide bonds. The van der Waals surface area contributed by atoms with Gasteiger partial charge in [-0.2, -0.15) is 0 Å². The predicted octanol–water partition coefficient (Wildman–Crippen LogP) is 1.32. The molecule has 5 nitrogen and oxygen atoms in total. The van der Waals surface area contributed by atoms with E-state index in [1.807, 2.05) is 6.92 Å². The maximum absolute atomic E-state index is 12.1. The van der Waals surface area contributed by atoms with Gasteiger partial charge in [0.25, 0.3) is 5.56 Å². The molecule has 1 aromatic rings. The van der Waals surface area contributed by atoms with Crippen LogP contribution in [0.4, 0.5) is 0 Å². The number of hydrogen-bond acceptors (Lipinski definition) is 3. The fourth-order valence-electron chi connectivity index (χ4n) is 2.24. The zero-order chi connectivity index (χ0) is 13.1. The van der Waals surface area contributed by atoms with Gasteiger partial charge < -0.3 is 4.74 Å². The highest BCUT2D eigenvalue weighted by Crippen LogP contribution is 2.15. The van der Waals surface area contributed by atoms with Gasteiger partial charge >= 0.3 is 5.69 Å². The first-order chi connectivity index (χ1) is 8.63. The zero-order valence-electron chi connectivity index (χ0n) is 10.4. The molecule has 1 unspecified atom stereocenters. The van der Waals surface area contributed by atoms with Crippen molar-refractivity contribution in [3.8, 4) is 0 Å². The molecule has 1 aliphatic rings. The Labute approximate surface area is 110 Å². The van der Waals surface area contributed by atoms with E-state index in [0.717, 1.165) is 19.4 Å². The molecule has 0 spiro atoms. The van der Waals surface area contributed by atoms with Crippen LogP contribution < -0.4 is 11.2 Å². The molecule has 1 aromatic heterocycles. The van der Waals surface area contributed by atoms with Crippen molar-refractivity contribution in [2.24, 2.45) is 0 Å². The van der Waals surface area contributed by atoms with Crippen molar-refractivity contribution in [3.05, 3.63) is 31.6 Å². The van der Waals surface area contributed by atoms with Gasteiger partial charge in [0.2, 0.25) is 0 Å². The van der Waals surface area contributed by atoms with Gasteiger partial charge in [-0.05, 0) is 25.7 Å². The molecule has 1 N–H and O–H groups in total. The lowest BCUT2D eigenvalue weighted by Gasteiger charge is -2.11. The minimum Gasteiger partial charge on any atom is -0.378 e. The third-order valence-electron chi connectivity index (χ3n) is 3.28. The van der Waals surface area contributed by atoms with E-state index in [0.29, 0.717) is 24.9 Å². The largest absolute Gasteiger partial charge is 0.378 e. The average Bonchev–Trinajstić information content (AvgIpc) is 2.81. The van der Waals surface area contributed by atoms with Gasteiger partial charge in [-0.25, -0.2) is 4.79 Å². The third-order valence-corrected chi connectivity index (χ3v) is 3.60. The van der Waals surface area contributed by atoms with Gasteiger partial charge in [-0.15, -0.1) is 0 Å². The summed E-state index contributed by atoms with van der Waals surface area (Å²) in [4.78, 5) is 26.3. The van der Waals surface area contributed by atoms with Gasteiger partial charge in [0.15, 0.2) is 0 Å². The van der Waals surface area contributed by atoms with Crippen LogP contribution >= 0.6 is 11.6 Å². The standard InChI is InChI=1S/C12H17ClN2O3/c1-2-9-10(13)14-12(17)15(11(9)16)6-5-8-4-3-7-18-8/h8H,2-7H2,1H3,(H,14,17). The van der Waals surface area contributed by atoms with Gasteiger partial charge in [0, 0.05) is 13.2 Å². The van der Waals surface area contributed by atoms with Crippen LogP contribution in [-0.4, -0.2) is 22.3 Å². The summed E-state index contributed by atoms with van der Waals surface area (Å²) in [6, 6.07) is 0. The molecule has 1 atom stereocenters. The lowest BCUT2D eigenvalue weighted by molar-refractivity contribution is 0.0997. The third kappa shape index (κ3) is 2.67. The van der Waals surface area contributed by atoms with Gasteiger partial charge in [0.05, 0.1) is 11.7 Å². The average molecular weight is 273 g/mol. The molecule has 0 aliphatic carbocycles. The lowest BCUT2D eigenvalue weighted by Crippen LogP contribution is -2.38. The fraction of sp³-hybridized carbons (Fsp3) is 0.667. The van der Waals surface area contributed by atoms with Crippen molar-refractivity contribution >= 4 is 11.6 Å². The van der Waals surface area contributed by atoms with Crippen molar-refractivity contribution in [2.45, 2.75) is 45.3 Å². The first-order valence-corrected chi connectivity index (χ1v) is 6.64. The summed E-state index contributed by atoms with van der Waals surface area (Å²) in [6.45, 7) is 2.99. The highest BCUT2D eigenvalue weighted by Gasteiger charge is 2.17. The van der Waals surface area contributed by atoms with Crippen LogP contribution in [-0.2, 0) is 17.7 Å². The molecule has 2 heterocycles. The Kier molecular flexibility index (Phi) is 4.24. The first-order valence-electron chi connectivity index (χ1n) is 6.26. The minimum atomic E-state index is -0.444. The molecule has 6 heteroatoms. The van der Waals surface area contributed by atoms with E-state index in [1.165, 1.54) is 4.57 Å². The van der Waals surface area contributed by atoms with Crippen molar-refractivity contribution < 1.29 is 4.74 Å². The SMILES string of the molecule is CCc1c(Cl)[nH]c(=O)n(CCC2CCCO2)c1=O. The van der Waals surface area contributed by atoms with Crippen LogP contribution in [0.2, 0.25) is 5.15 Å². The molecule has 1 saturated heterocycles. The topological polar surface area (TPSA) is 64.1 Å². The summed E-state index contributed by atoms with van der Waals surface area (Å²) in [5, 5.41) is 0.154. The number of nitrogens with zero attached hydrogens (tertiary/aromatic N) is 1. The second-order valence-corrected chi connectivity index (χ2v) is 4.83. The summed E-state index contributed by atoms with van der Waals surface area (Å²) < 4.78 is 6.70. The smallest absolute Gasteiger partial charge is 0.329 e. The molecule has 0 radical (unpaired) electrons. The number of rotatable bonds is 4. The number of aromatic amines is 1. The molecule has 18 heavy (non-hydrogen) atoms. The Morgan fingerprint density at radius 1 is 1.50 bits per heavy atom. The molecule has 2 rings (SSSR count). The van der Waals surface area contributed by atoms with E-state index >= 15 is 0 Å². The van der Waals surface area contributed by atoms with Gasteiger partial charge in [-0.1, -0.05) is 18.5 Å². The van der Waals surface area contributed by atoms with Crippen LogP contribution in [0.1, 0.15) is 31.7 Å². The quantitative estimate of drug-likeness (QED) is 0.841. The van der Waals surface area contributed by atoms with Gasteiger partial charge in [0.1, 0.15) is 5.15 Å². The van der Waals surface area contributed by atoms with Gasteiger partial charge in [-0.3, -0.25) is 14.3 Å². The Morgan fingerprint density at radius 3 is 2.89 bits per heavy atom. The summed E-state index contributed by atoms with van der Waals surface area (Å²) >= 11 is 5.84. The summed E-state index contributed by atoms with van der Waals surface area (Å²) in [5.41, 5.74) is -0.270. The fourth-order valence-corrected chi connectivity index (χ4v) is 2.54. The number of halogens is 1. The second-order valence-electron chi connectivity index (χ2n) is 4.46. The molecule has 0 bridgehead atoms. The predicted molar refractivity (Wildman–Crippen MR) is 69.3 cm³/mol. The molecule has 1 fully saturated rings. The van der Waals surface area contributed by atoms with E-state index in [1.54, 1.807) is 0 Å². The summed E-state index contributed by atoms with van der Waals surface area (Å²) in [6.07, 6.45) is 3.41. The number of nitrogens with one attached hydrogen (secondary N) is 1. The second kappa shape index (κ2) is 5.71. The number of aromatic nitrogens is 2. The summed E-state index contributed by atoms with van der Waals surface area (Å²) in [5.74, 6) is 0. The van der Waals surface area contributed by atoms with Crippen LogP contribution in [0.25, 0.3) is 0 Å². The molecular formula is C12H17ClN2O3. The Hall–Kier alpha value is -1.07. The molecular weight excluding hydrogens is 256 g/mol. The number of ether oxygens (including phenoxy) is 1. The summed E-state index contributed by atoms with van der Waals surface area (Å²) in [7, 11) is 0. The Balaban J connectivity index is 2.21. The normalized spacial score (nSPS) is 19.3. The van der Waals surface area contributed by atoms with E-state index in [-0.39, 0.29) is 16.8 Å². The highest BCUT2D eigenvalue weighted by molar-refractivity contribution is 6.30. The minimum absolute atomic E-state index is 0.154. The van der Waals surface area contributed by atoms with E-state index in [9.17, 15) is 9.59 Å². The lowest BCUT2D eigenvalue weighted by atomic mass is 10.2. The Bertz CT molecular complexity index is 529. The van der Waals surface area contributed by atoms with E-state index in [2.05, 4.69) is 4.98 Å². The van der Waals surface area contributed by atoms with Crippen LogP contribution in [0.15, 0.2) is 9.59 Å². The molecule has 1 aliphatic heterocycles. The van der Waals surface area contributed by atoms with Crippen LogP contribution in [0.3, 0.4) is 0 Å². The first kappa shape index (κ1) is 13.4. The van der Waals surface area contributed by atoms with Crippen LogP contribution in [0, 0.1) is 0 Å². The van der Waals surface area contributed by atoms with Crippen molar-refractivity contribution in [3.63, 3.8) is 0 Å². The highest BCUT2D eigenvalue weighted by atomic mass is 35.5. The van der Waals surface area contributed by atoms with E-state index in [4.69, 9.17) is 16.3 Å². The van der Waals surface area contributed by atoms with E-state index < -0.39 is 5.69 Å². The maximum Gasteiger partial charge on any atom is 0.329 e. The zero-order valence-corrected chi connectivity index (χ0v) is 11.1. The van der Waals surface area contributed by atoms with Crippen molar-refractivity contribution in [1.29, 1.82) is 0 Å². The van der Waals surface area contributed by atoms with Crippen molar-refractivity contribution in [1.82, 2.24) is 9.55 Å². The Morgan fingerprint density at radius 2 is 2.28 bits per heavy atom. The van der Waals surface area contributed by atoms with Crippen molar-refractivity contribution in [2.75, 3.05) is 6.61 Å². The monoisotopic (exact) mass is 272 g/mol. The molecule has 100 valence electrons. The molecule has 0 saturated carbocycles. The maximum atomic E-state index is 12.1. The molecule has 0 aromatic carbocycles. The number of hydrogen-bond donors (Lipinski definition) is 1.